The first-order valence-electron chi connectivity index (χ1n) is 7.99. The van der Waals surface area contributed by atoms with Gasteiger partial charge in [-0.15, -0.1) is 0 Å². The number of carbonyl (C=O) groups excluding carboxylic acids is 1. The summed E-state index contributed by atoms with van der Waals surface area (Å²) in [5.74, 6) is 0.586. The monoisotopic (exact) mass is 366 g/mol. The van der Waals surface area contributed by atoms with Crippen LogP contribution < -0.4 is 9.47 Å². The Balaban J connectivity index is 1.44. The quantitative estimate of drug-likeness (QED) is 0.816. The predicted octanol–water partition coefficient (Wildman–Crippen LogP) is 3.08. The lowest BCUT2D eigenvalue weighted by atomic mass is 10.1. The number of likely N-dealkylation sites (tertiary alicyclic amines) is 1. The maximum Gasteiger partial charge on any atom is 0.417 e. The number of alkyl halides is 3. The van der Waals surface area contributed by atoms with E-state index in [0.29, 0.717) is 18.8 Å². The van der Waals surface area contributed by atoms with Crippen LogP contribution in [0.4, 0.5) is 13.2 Å². The van der Waals surface area contributed by atoms with Crippen molar-refractivity contribution in [2.45, 2.75) is 19.2 Å². The predicted molar refractivity (Wildman–Crippen MR) is 86.9 cm³/mol. The van der Waals surface area contributed by atoms with E-state index in [2.05, 4.69) is 4.98 Å². The minimum absolute atomic E-state index is 0.0733. The summed E-state index contributed by atoms with van der Waals surface area (Å²) in [6.07, 6.45) is -3.99. The van der Waals surface area contributed by atoms with Crippen molar-refractivity contribution >= 4 is 5.91 Å². The molecule has 0 N–H and O–H groups in total. The van der Waals surface area contributed by atoms with Gasteiger partial charge in [0.15, 0.2) is 6.61 Å². The third kappa shape index (κ3) is 4.25. The molecule has 26 heavy (non-hydrogen) atoms. The highest BCUT2D eigenvalue weighted by atomic mass is 19.4. The van der Waals surface area contributed by atoms with E-state index >= 15 is 0 Å². The van der Waals surface area contributed by atoms with Crippen LogP contribution in [0, 0.1) is 6.92 Å². The van der Waals surface area contributed by atoms with Gasteiger partial charge in [-0.2, -0.15) is 13.2 Å². The van der Waals surface area contributed by atoms with Crippen LogP contribution in [0.5, 0.6) is 11.6 Å². The molecule has 0 spiro atoms. The molecule has 1 aliphatic heterocycles. The van der Waals surface area contributed by atoms with Gasteiger partial charge >= 0.3 is 6.18 Å². The van der Waals surface area contributed by atoms with Crippen molar-refractivity contribution in [2.24, 2.45) is 0 Å². The number of amides is 1. The van der Waals surface area contributed by atoms with E-state index in [0.717, 1.165) is 17.8 Å². The van der Waals surface area contributed by atoms with Crippen LogP contribution in [0.15, 0.2) is 42.6 Å². The zero-order valence-electron chi connectivity index (χ0n) is 14.0. The Morgan fingerprint density at radius 3 is 2.58 bits per heavy atom. The van der Waals surface area contributed by atoms with Crippen molar-refractivity contribution in [3.63, 3.8) is 0 Å². The van der Waals surface area contributed by atoms with Crippen molar-refractivity contribution in [3.8, 4) is 11.6 Å². The zero-order chi connectivity index (χ0) is 18.7. The number of ether oxygens (including phenoxy) is 2. The molecule has 5 nitrogen and oxygen atoms in total. The minimum Gasteiger partial charge on any atom is -0.484 e. The highest BCUT2D eigenvalue weighted by Crippen LogP contribution is 2.29. The van der Waals surface area contributed by atoms with E-state index in [1.54, 1.807) is 11.0 Å². The van der Waals surface area contributed by atoms with Gasteiger partial charge in [-0.1, -0.05) is 18.2 Å². The maximum atomic E-state index is 12.5. The summed E-state index contributed by atoms with van der Waals surface area (Å²) in [5, 5.41) is 0. The van der Waals surface area contributed by atoms with Gasteiger partial charge < -0.3 is 14.4 Å². The molecule has 3 rings (SSSR count). The second-order valence-corrected chi connectivity index (χ2v) is 5.98. The molecule has 1 aromatic heterocycles. The first kappa shape index (κ1) is 18.0. The number of aromatic nitrogens is 1. The molecule has 1 saturated heterocycles. The average Bonchev–Trinajstić information content (AvgIpc) is 2.56. The summed E-state index contributed by atoms with van der Waals surface area (Å²) in [6, 6.07) is 9.49. The number of halogens is 3. The zero-order valence-corrected chi connectivity index (χ0v) is 14.0. The fraction of sp³-hybridized carbons (Fsp3) is 0.333. The molecule has 0 bridgehead atoms. The van der Waals surface area contributed by atoms with Gasteiger partial charge in [-0.3, -0.25) is 4.79 Å². The number of pyridine rings is 1. The molecule has 0 radical (unpaired) electrons. The average molecular weight is 366 g/mol. The highest BCUT2D eigenvalue weighted by molar-refractivity contribution is 5.78. The van der Waals surface area contributed by atoms with Gasteiger partial charge in [0, 0.05) is 12.3 Å². The smallest absolute Gasteiger partial charge is 0.417 e. The summed E-state index contributed by atoms with van der Waals surface area (Å²) in [7, 11) is 0. The number of rotatable bonds is 5. The molecular formula is C18H17F3N2O3. The molecule has 0 atom stereocenters. The first-order valence-corrected chi connectivity index (χ1v) is 7.99. The van der Waals surface area contributed by atoms with Crippen LogP contribution in [-0.4, -0.2) is 41.6 Å². The molecular weight excluding hydrogens is 349 g/mol. The molecule has 8 heteroatoms. The van der Waals surface area contributed by atoms with Crippen molar-refractivity contribution < 1.29 is 27.4 Å². The fourth-order valence-electron chi connectivity index (χ4n) is 2.45. The lowest BCUT2D eigenvalue weighted by molar-refractivity contribution is -0.142. The van der Waals surface area contributed by atoms with Crippen molar-refractivity contribution in [3.05, 3.63) is 53.7 Å². The Kier molecular flexibility index (Phi) is 5.01. The molecule has 1 aliphatic rings. The third-order valence-electron chi connectivity index (χ3n) is 4.00. The SMILES string of the molecule is Cc1ccccc1OCC(=O)N1CC(Oc2ccc(C(F)(F)F)cn2)C1. The number of hydrogen-bond acceptors (Lipinski definition) is 4. The standard InChI is InChI=1S/C18H17F3N2O3/c1-12-4-2-3-5-15(12)25-11-17(24)23-9-14(10-23)26-16-7-6-13(8-22-16)18(19,20)21/h2-8,14H,9-11H2,1H3. The molecule has 0 aliphatic carbocycles. The summed E-state index contributed by atoms with van der Waals surface area (Å²) < 4.78 is 48.4. The molecule has 138 valence electrons. The minimum atomic E-state index is -4.43. The van der Waals surface area contributed by atoms with E-state index in [9.17, 15) is 18.0 Å². The van der Waals surface area contributed by atoms with E-state index < -0.39 is 11.7 Å². The molecule has 2 aromatic rings. The van der Waals surface area contributed by atoms with Gasteiger partial charge in [0.05, 0.1) is 18.7 Å². The first-order chi connectivity index (χ1) is 12.3. The van der Waals surface area contributed by atoms with Crippen molar-refractivity contribution in [2.75, 3.05) is 19.7 Å². The van der Waals surface area contributed by atoms with Gasteiger partial charge in [0.2, 0.25) is 5.88 Å². The molecule has 0 unspecified atom stereocenters. The third-order valence-corrected chi connectivity index (χ3v) is 4.00. The number of carbonyl (C=O) groups is 1. The molecule has 2 heterocycles. The Hall–Kier alpha value is -2.77. The normalized spacial score (nSPS) is 14.7. The Bertz CT molecular complexity index is 772. The van der Waals surface area contributed by atoms with Crippen LogP contribution in [0.1, 0.15) is 11.1 Å². The fourth-order valence-corrected chi connectivity index (χ4v) is 2.45. The number of para-hydroxylation sites is 1. The Morgan fingerprint density at radius 1 is 1.23 bits per heavy atom. The van der Waals surface area contributed by atoms with E-state index in [1.165, 1.54) is 6.07 Å². The Morgan fingerprint density at radius 2 is 1.96 bits per heavy atom. The van der Waals surface area contributed by atoms with Crippen LogP contribution in [0.25, 0.3) is 0 Å². The van der Waals surface area contributed by atoms with E-state index in [1.807, 2.05) is 25.1 Å². The summed E-state index contributed by atoms with van der Waals surface area (Å²) in [4.78, 5) is 17.3. The number of nitrogens with zero attached hydrogens (tertiary/aromatic N) is 2. The van der Waals surface area contributed by atoms with Crippen molar-refractivity contribution in [1.82, 2.24) is 9.88 Å². The summed E-state index contributed by atoms with van der Waals surface area (Å²) in [5.41, 5.74) is 0.113. The molecule has 1 aromatic carbocycles. The van der Waals surface area contributed by atoms with E-state index in [4.69, 9.17) is 9.47 Å². The molecule has 0 saturated carbocycles. The Labute approximate surface area is 148 Å². The van der Waals surface area contributed by atoms with Gasteiger partial charge in [0.25, 0.3) is 5.91 Å². The van der Waals surface area contributed by atoms with Gasteiger partial charge in [-0.25, -0.2) is 4.98 Å². The lowest BCUT2D eigenvalue weighted by Crippen LogP contribution is -2.57. The van der Waals surface area contributed by atoms with Gasteiger partial charge in [-0.05, 0) is 24.6 Å². The van der Waals surface area contributed by atoms with Gasteiger partial charge in [0.1, 0.15) is 11.9 Å². The highest BCUT2D eigenvalue weighted by Gasteiger charge is 2.34. The maximum absolute atomic E-state index is 12.5. The van der Waals surface area contributed by atoms with Crippen molar-refractivity contribution in [1.29, 1.82) is 0 Å². The second-order valence-electron chi connectivity index (χ2n) is 5.98. The number of benzene rings is 1. The largest absolute Gasteiger partial charge is 0.484 e. The molecule has 1 fully saturated rings. The van der Waals surface area contributed by atoms with Crippen LogP contribution in [-0.2, 0) is 11.0 Å². The van der Waals surface area contributed by atoms with Crippen LogP contribution in [0.2, 0.25) is 0 Å². The van der Waals surface area contributed by atoms with Crippen LogP contribution >= 0.6 is 0 Å². The molecule has 1 amide bonds. The van der Waals surface area contributed by atoms with E-state index in [-0.39, 0.29) is 24.5 Å². The lowest BCUT2D eigenvalue weighted by Gasteiger charge is -2.38. The van der Waals surface area contributed by atoms with Crippen LogP contribution in [0.3, 0.4) is 0 Å². The summed E-state index contributed by atoms with van der Waals surface area (Å²) in [6.45, 7) is 2.51. The number of aryl methyl sites for hydroxylation is 1. The summed E-state index contributed by atoms with van der Waals surface area (Å²) >= 11 is 0. The topological polar surface area (TPSA) is 51.7 Å². The number of hydrogen-bond donors (Lipinski definition) is 0. The second kappa shape index (κ2) is 7.23.